The Morgan fingerprint density at radius 2 is 1.50 bits per heavy atom. The number of carbonyl (C=O) groups is 3. The first-order chi connectivity index (χ1) is 13.2. The summed E-state index contributed by atoms with van der Waals surface area (Å²) in [5, 5.41) is 3.04. The average molecular weight is 404 g/mol. The number of rotatable bonds is 8. The van der Waals surface area contributed by atoms with Crippen LogP contribution in [0.5, 0.6) is 5.75 Å². The highest BCUT2D eigenvalue weighted by molar-refractivity contribution is 6.30. The standard InChI is InChI=1S/C21H22ClNO5/c1-4-27-18(24)13-23-20(26)21(2,3)28-17-11-7-15(8-12-17)19(25)14-5-9-16(22)10-6-14/h5-12H,4,13H2,1-3H3,(H,23,26). The molecule has 0 spiro atoms. The zero-order valence-electron chi connectivity index (χ0n) is 16.0. The first-order valence-electron chi connectivity index (χ1n) is 8.76. The van der Waals surface area contributed by atoms with Crippen LogP contribution < -0.4 is 10.1 Å². The molecular formula is C21H22ClNO5. The van der Waals surface area contributed by atoms with Crippen LogP contribution in [-0.2, 0) is 14.3 Å². The van der Waals surface area contributed by atoms with E-state index in [1.165, 1.54) is 0 Å². The minimum absolute atomic E-state index is 0.144. The largest absolute Gasteiger partial charge is 0.478 e. The zero-order valence-corrected chi connectivity index (χ0v) is 16.7. The van der Waals surface area contributed by atoms with Crippen molar-refractivity contribution in [3.8, 4) is 5.75 Å². The molecule has 0 aliphatic heterocycles. The number of esters is 1. The number of hydrogen-bond acceptors (Lipinski definition) is 5. The molecule has 2 aromatic rings. The number of amides is 1. The van der Waals surface area contributed by atoms with Crippen LogP contribution in [0.15, 0.2) is 48.5 Å². The van der Waals surface area contributed by atoms with Crippen LogP contribution >= 0.6 is 11.6 Å². The van der Waals surface area contributed by atoms with Gasteiger partial charge in [-0.25, -0.2) is 0 Å². The van der Waals surface area contributed by atoms with Crippen LogP contribution in [0.3, 0.4) is 0 Å². The number of carbonyl (C=O) groups excluding carboxylic acids is 3. The molecule has 7 heteroatoms. The highest BCUT2D eigenvalue weighted by atomic mass is 35.5. The average Bonchev–Trinajstić information content (AvgIpc) is 2.66. The third kappa shape index (κ3) is 5.82. The molecule has 148 valence electrons. The van der Waals surface area contributed by atoms with E-state index in [2.05, 4.69) is 5.32 Å². The summed E-state index contributed by atoms with van der Waals surface area (Å²) in [6.07, 6.45) is 0. The van der Waals surface area contributed by atoms with Crippen LogP contribution in [0.25, 0.3) is 0 Å². The molecule has 1 amide bonds. The van der Waals surface area contributed by atoms with Gasteiger partial charge in [0, 0.05) is 16.1 Å². The lowest BCUT2D eigenvalue weighted by Gasteiger charge is -2.25. The highest BCUT2D eigenvalue weighted by Crippen LogP contribution is 2.21. The number of benzene rings is 2. The molecule has 0 saturated heterocycles. The predicted octanol–water partition coefficient (Wildman–Crippen LogP) is 3.41. The number of halogens is 1. The summed E-state index contributed by atoms with van der Waals surface area (Å²) in [5.41, 5.74) is -0.204. The maximum atomic E-state index is 12.5. The van der Waals surface area contributed by atoms with Crippen molar-refractivity contribution < 1.29 is 23.9 Å². The third-order valence-corrected chi connectivity index (χ3v) is 4.09. The predicted molar refractivity (Wildman–Crippen MR) is 106 cm³/mol. The molecule has 0 saturated carbocycles. The Hall–Kier alpha value is -2.86. The lowest BCUT2D eigenvalue weighted by molar-refractivity contribution is -0.145. The van der Waals surface area contributed by atoms with Gasteiger partial charge in [-0.3, -0.25) is 14.4 Å². The fraction of sp³-hybridized carbons (Fsp3) is 0.286. The first-order valence-corrected chi connectivity index (χ1v) is 9.14. The van der Waals surface area contributed by atoms with E-state index in [-0.39, 0.29) is 18.9 Å². The van der Waals surface area contributed by atoms with Crippen molar-refractivity contribution in [1.29, 1.82) is 0 Å². The van der Waals surface area contributed by atoms with E-state index < -0.39 is 17.5 Å². The van der Waals surface area contributed by atoms with Crippen molar-refractivity contribution in [3.05, 3.63) is 64.7 Å². The second kappa shape index (κ2) is 9.37. The number of nitrogens with one attached hydrogen (secondary N) is 1. The number of hydrogen-bond donors (Lipinski definition) is 1. The van der Waals surface area contributed by atoms with E-state index in [1.54, 1.807) is 69.3 Å². The molecule has 0 aromatic heterocycles. The van der Waals surface area contributed by atoms with E-state index in [1.807, 2.05) is 0 Å². The van der Waals surface area contributed by atoms with Crippen LogP contribution in [0.1, 0.15) is 36.7 Å². The SMILES string of the molecule is CCOC(=O)CNC(=O)C(C)(C)Oc1ccc(C(=O)c2ccc(Cl)cc2)cc1. The van der Waals surface area contributed by atoms with Gasteiger partial charge in [-0.2, -0.15) is 0 Å². The fourth-order valence-electron chi connectivity index (χ4n) is 2.36. The molecule has 0 atom stereocenters. The van der Waals surface area contributed by atoms with Gasteiger partial charge in [0.25, 0.3) is 5.91 Å². The summed E-state index contributed by atoms with van der Waals surface area (Å²) in [5.74, 6) is -0.697. The van der Waals surface area contributed by atoms with E-state index in [9.17, 15) is 14.4 Å². The van der Waals surface area contributed by atoms with Gasteiger partial charge in [0.2, 0.25) is 0 Å². The van der Waals surface area contributed by atoms with E-state index in [4.69, 9.17) is 21.1 Å². The van der Waals surface area contributed by atoms with Gasteiger partial charge in [-0.05, 0) is 69.3 Å². The topological polar surface area (TPSA) is 81.7 Å². The molecule has 0 fully saturated rings. The molecule has 0 aliphatic rings. The van der Waals surface area contributed by atoms with Crippen molar-refractivity contribution in [3.63, 3.8) is 0 Å². The molecule has 0 heterocycles. The van der Waals surface area contributed by atoms with Crippen molar-refractivity contribution in [2.24, 2.45) is 0 Å². The summed E-state index contributed by atoms with van der Waals surface area (Å²) in [7, 11) is 0. The normalized spacial score (nSPS) is 10.9. The van der Waals surface area contributed by atoms with Crippen molar-refractivity contribution >= 4 is 29.3 Å². The van der Waals surface area contributed by atoms with Crippen molar-refractivity contribution in [1.82, 2.24) is 5.32 Å². The molecule has 2 aromatic carbocycles. The van der Waals surface area contributed by atoms with Crippen molar-refractivity contribution in [2.75, 3.05) is 13.2 Å². The Kier molecular flexibility index (Phi) is 7.18. The van der Waals surface area contributed by atoms with Gasteiger partial charge >= 0.3 is 5.97 Å². The third-order valence-electron chi connectivity index (χ3n) is 3.84. The van der Waals surface area contributed by atoms with Gasteiger partial charge in [0.05, 0.1) is 6.61 Å². The Bertz CT molecular complexity index is 844. The maximum absolute atomic E-state index is 12.5. The Morgan fingerprint density at radius 1 is 0.964 bits per heavy atom. The number of ether oxygens (including phenoxy) is 2. The van der Waals surface area contributed by atoms with Crippen LogP contribution in [0.2, 0.25) is 5.02 Å². The molecule has 2 rings (SSSR count). The Labute approximate surface area is 168 Å². The molecular weight excluding hydrogens is 382 g/mol. The lowest BCUT2D eigenvalue weighted by atomic mass is 10.0. The van der Waals surface area contributed by atoms with Gasteiger partial charge in [-0.15, -0.1) is 0 Å². The highest BCUT2D eigenvalue weighted by Gasteiger charge is 2.30. The summed E-state index contributed by atoms with van der Waals surface area (Å²) >= 11 is 5.84. The van der Waals surface area contributed by atoms with Gasteiger partial charge in [0.1, 0.15) is 12.3 Å². The monoisotopic (exact) mass is 403 g/mol. The van der Waals surface area contributed by atoms with E-state index in [0.29, 0.717) is 21.9 Å². The Morgan fingerprint density at radius 3 is 2.04 bits per heavy atom. The van der Waals surface area contributed by atoms with Crippen molar-refractivity contribution in [2.45, 2.75) is 26.4 Å². The van der Waals surface area contributed by atoms with Crippen LogP contribution in [0, 0.1) is 0 Å². The molecule has 6 nitrogen and oxygen atoms in total. The second-order valence-electron chi connectivity index (χ2n) is 6.46. The second-order valence-corrected chi connectivity index (χ2v) is 6.90. The molecule has 28 heavy (non-hydrogen) atoms. The van der Waals surface area contributed by atoms with E-state index >= 15 is 0 Å². The zero-order chi connectivity index (χ0) is 20.7. The summed E-state index contributed by atoms with van der Waals surface area (Å²) < 4.78 is 10.5. The quantitative estimate of drug-likeness (QED) is 0.539. The molecule has 0 radical (unpaired) electrons. The number of ketones is 1. The molecule has 0 aliphatic carbocycles. The summed E-state index contributed by atoms with van der Waals surface area (Å²) in [6, 6.07) is 13.1. The van der Waals surface area contributed by atoms with E-state index in [0.717, 1.165) is 0 Å². The molecule has 1 N–H and O–H groups in total. The fourth-order valence-corrected chi connectivity index (χ4v) is 2.49. The maximum Gasteiger partial charge on any atom is 0.325 e. The van der Waals surface area contributed by atoms with Crippen LogP contribution in [0.4, 0.5) is 0 Å². The van der Waals surface area contributed by atoms with Crippen LogP contribution in [-0.4, -0.2) is 36.4 Å². The first kappa shape index (κ1) is 21.4. The molecule has 0 bridgehead atoms. The smallest absolute Gasteiger partial charge is 0.325 e. The lowest BCUT2D eigenvalue weighted by Crippen LogP contribution is -2.48. The molecule has 0 unspecified atom stereocenters. The minimum Gasteiger partial charge on any atom is -0.478 e. The summed E-state index contributed by atoms with van der Waals surface area (Å²) in [6.45, 7) is 4.87. The van der Waals surface area contributed by atoms with Gasteiger partial charge in [-0.1, -0.05) is 11.6 Å². The van der Waals surface area contributed by atoms with Gasteiger partial charge in [0.15, 0.2) is 11.4 Å². The Balaban J connectivity index is 2.00. The minimum atomic E-state index is -1.21. The van der Waals surface area contributed by atoms with Gasteiger partial charge < -0.3 is 14.8 Å². The summed E-state index contributed by atoms with van der Waals surface area (Å²) in [4.78, 5) is 36.1.